The van der Waals surface area contributed by atoms with E-state index in [1.165, 1.54) is 89.0 Å². The number of anilines is 6. The molecule has 0 radical (unpaired) electrons. The fourth-order valence-corrected chi connectivity index (χ4v) is 10.9. The minimum absolute atomic E-state index is 0.171. The molecule has 0 N–H and O–H groups in total. The molecule has 1 heterocycles. The summed E-state index contributed by atoms with van der Waals surface area (Å²) in [4.78, 5) is 5.08. The summed E-state index contributed by atoms with van der Waals surface area (Å²) in [6, 6.07) is 78.4. The fraction of sp³-hybridized carbons (Fsp3) is 0.0877. The number of benzene rings is 9. The van der Waals surface area contributed by atoms with E-state index in [2.05, 4.69) is 227 Å². The van der Waals surface area contributed by atoms with E-state index in [0.29, 0.717) is 0 Å². The molecule has 0 fully saturated rings. The minimum atomic E-state index is -0.171. The zero-order valence-corrected chi connectivity index (χ0v) is 33.4. The van der Waals surface area contributed by atoms with Crippen LogP contribution in [0.2, 0.25) is 0 Å². The van der Waals surface area contributed by atoms with Gasteiger partial charge < -0.3 is 14.4 Å². The molecule has 0 saturated heterocycles. The molecule has 0 unspecified atom stereocenters. The monoisotopic (exact) mass is 769 g/mol. The summed E-state index contributed by atoms with van der Waals surface area (Å²) in [7, 11) is 0. The molecule has 60 heavy (non-hydrogen) atoms. The third-order valence-electron chi connectivity index (χ3n) is 13.3. The van der Waals surface area contributed by atoms with E-state index in [4.69, 9.17) is 0 Å². The number of para-hydroxylation sites is 4. The molecule has 1 aromatic heterocycles. The van der Waals surface area contributed by atoms with Crippen molar-refractivity contribution >= 4 is 66.7 Å². The second-order valence-electron chi connectivity index (χ2n) is 16.4. The van der Waals surface area contributed by atoms with Crippen molar-refractivity contribution in [3.05, 3.63) is 235 Å². The summed E-state index contributed by atoms with van der Waals surface area (Å²) in [6.45, 7) is 0. The van der Waals surface area contributed by atoms with Crippen molar-refractivity contribution in [1.29, 1.82) is 0 Å². The van der Waals surface area contributed by atoms with E-state index in [9.17, 15) is 0 Å². The van der Waals surface area contributed by atoms with Crippen LogP contribution < -0.4 is 9.80 Å². The van der Waals surface area contributed by atoms with Crippen molar-refractivity contribution in [3.8, 4) is 5.69 Å². The molecular weight excluding hydrogens is 727 g/mol. The van der Waals surface area contributed by atoms with Crippen molar-refractivity contribution < 1.29 is 0 Å². The number of aryl methyl sites for hydroxylation is 2. The second-order valence-corrected chi connectivity index (χ2v) is 16.4. The van der Waals surface area contributed by atoms with Crippen LogP contribution in [0.1, 0.15) is 35.1 Å². The molecule has 3 nitrogen and oxygen atoms in total. The highest BCUT2D eigenvalue weighted by atomic mass is 15.2. The fourth-order valence-electron chi connectivity index (χ4n) is 10.9. The highest BCUT2D eigenvalue weighted by Gasteiger charge is 2.49. The van der Waals surface area contributed by atoms with Gasteiger partial charge in [-0.15, -0.1) is 0 Å². The Morgan fingerprint density at radius 2 is 0.883 bits per heavy atom. The molecular formula is C57H43N3. The standard InChI is InChI=1S/C57H43N3/c1-4-21-43(22-5-1)58(44-23-6-2-7-24-44)53-31-15-19-41-35-37-57(55(41)53)38-36-42-20-16-32-54(56(42)57)60(50-30-14-18-40-17-10-11-27-47(40)50)46-33-34-52-49(39-46)48-28-12-13-29-51(48)59(52)45-25-8-3-9-26-45/h1-34,39H,35-38H2/t57-/m1/s1. The number of aromatic nitrogens is 1. The Morgan fingerprint density at radius 1 is 0.367 bits per heavy atom. The number of rotatable bonds is 7. The number of nitrogens with zero attached hydrogens (tertiary/aromatic N) is 3. The average Bonchev–Trinajstić information content (AvgIpc) is 4.00. The Kier molecular flexibility index (Phi) is 8.02. The molecule has 0 bridgehead atoms. The lowest BCUT2D eigenvalue weighted by atomic mass is 9.74. The highest BCUT2D eigenvalue weighted by molar-refractivity contribution is 6.11. The van der Waals surface area contributed by atoms with Gasteiger partial charge in [0.2, 0.25) is 0 Å². The molecule has 3 heteroatoms. The van der Waals surface area contributed by atoms with Crippen LogP contribution in [-0.2, 0) is 18.3 Å². The summed E-state index contributed by atoms with van der Waals surface area (Å²) >= 11 is 0. The van der Waals surface area contributed by atoms with Crippen molar-refractivity contribution in [1.82, 2.24) is 4.57 Å². The molecule has 1 atom stereocenters. The maximum Gasteiger partial charge on any atom is 0.0542 e. The first kappa shape index (κ1) is 34.7. The third kappa shape index (κ3) is 5.29. The molecule has 286 valence electrons. The predicted octanol–water partition coefficient (Wildman–Crippen LogP) is 15.1. The Morgan fingerprint density at radius 3 is 1.57 bits per heavy atom. The van der Waals surface area contributed by atoms with Crippen molar-refractivity contribution in [2.75, 3.05) is 9.80 Å². The van der Waals surface area contributed by atoms with Crippen LogP contribution in [0.15, 0.2) is 212 Å². The van der Waals surface area contributed by atoms with Gasteiger partial charge in [0.25, 0.3) is 0 Å². The van der Waals surface area contributed by atoms with Crippen molar-refractivity contribution in [3.63, 3.8) is 0 Å². The molecule has 9 aromatic carbocycles. The van der Waals surface area contributed by atoms with E-state index in [1.54, 1.807) is 0 Å². The summed E-state index contributed by atoms with van der Waals surface area (Å²) in [6.07, 6.45) is 4.25. The van der Waals surface area contributed by atoms with E-state index >= 15 is 0 Å². The Labute approximate surface area is 351 Å². The number of hydrogen-bond donors (Lipinski definition) is 0. The van der Waals surface area contributed by atoms with Gasteiger partial charge in [0, 0.05) is 44.3 Å². The zero-order valence-electron chi connectivity index (χ0n) is 33.4. The van der Waals surface area contributed by atoms with Crippen LogP contribution in [0, 0.1) is 0 Å². The lowest BCUT2D eigenvalue weighted by Gasteiger charge is -2.37. The molecule has 10 aromatic rings. The largest absolute Gasteiger partial charge is 0.310 e. The molecule has 12 rings (SSSR count). The molecule has 0 amide bonds. The number of fused-ring (bicyclic) bond motifs is 8. The second kappa shape index (κ2) is 13.9. The van der Waals surface area contributed by atoms with Gasteiger partial charge in [0.15, 0.2) is 0 Å². The van der Waals surface area contributed by atoms with Gasteiger partial charge in [-0.25, -0.2) is 0 Å². The number of hydrogen-bond acceptors (Lipinski definition) is 2. The molecule has 2 aliphatic rings. The quantitative estimate of drug-likeness (QED) is 0.160. The summed E-state index contributed by atoms with van der Waals surface area (Å²) in [5, 5.41) is 4.97. The van der Waals surface area contributed by atoms with Gasteiger partial charge in [-0.2, -0.15) is 0 Å². The van der Waals surface area contributed by atoms with E-state index in [1.807, 2.05) is 0 Å². The molecule has 2 aliphatic carbocycles. The lowest BCUT2D eigenvalue weighted by molar-refractivity contribution is 0.508. The average molecular weight is 770 g/mol. The summed E-state index contributed by atoms with van der Waals surface area (Å²) in [5.74, 6) is 0. The first-order chi connectivity index (χ1) is 29.8. The highest BCUT2D eigenvalue weighted by Crippen LogP contribution is 2.60. The summed E-state index contributed by atoms with van der Waals surface area (Å²) < 4.78 is 2.41. The van der Waals surface area contributed by atoms with E-state index < -0.39 is 0 Å². The van der Waals surface area contributed by atoms with Crippen LogP contribution >= 0.6 is 0 Å². The Bertz CT molecular complexity index is 3170. The minimum Gasteiger partial charge on any atom is -0.310 e. The zero-order chi connectivity index (χ0) is 39.6. The predicted molar refractivity (Wildman–Crippen MR) is 252 cm³/mol. The Balaban J connectivity index is 1.12. The van der Waals surface area contributed by atoms with Crippen molar-refractivity contribution in [2.45, 2.75) is 31.1 Å². The molecule has 1 spiro atoms. The van der Waals surface area contributed by atoms with Gasteiger partial charge in [-0.3, -0.25) is 0 Å². The van der Waals surface area contributed by atoms with Crippen LogP contribution in [0.3, 0.4) is 0 Å². The van der Waals surface area contributed by atoms with Crippen LogP contribution in [0.25, 0.3) is 38.3 Å². The van der Waals surface area contributed by atoms with Crippen LogP contribution in [-0.4, -0.2) is 4.57 Å². The van der Waals surface area contributed by atoms with Crippen LogP contribution in [0.5, 0.6) is 0 Å². The normalized spacial score (nSPS) is 15.5. The SMILES string of the molecule is c1ccc(N(c2ccccc2)c2cccc3c2[C@@]2(CC3)CCc3cccc(N(c4ccc5c(c4)c4ccccc4n5-c4ccccc4)c4cccc5ccccc45)c32)cc1. The van der Waals surface area contributed by atoms with Gasteiger partial charge in [0.1, 0.15) is 0 Å². The third-order valence-corrected chi connectivity index (χ3v) is 13.3. The van der Waals surface area contributed by atoms with Gasteiger partial charge in [-0.05, 0) is 132 Å². The molecule has 0 aliphatic heterocycles. The van der Waals surface area contributed by atoms with Gasteiger partial charge in [-0.1, -0.05) is 133 Å². The molecule has 0 saturated carbocycles. The van der Waals surface area contributed by atoms with E-state index in [0.717, 1.165) is 31.4 Å². The first-order valence-corrected chi connectivity index (χ1v) is 21.3. The summed E-state index contributed by atoms with van der Waals surface area (Å²) in [5.41, 5.74) is 16.5. The maximum absolute atomic E-state index is 2.59. The van der Waals surface area contributed by atoms with E-state index in [-0.39, 0.29) is 5.41 Å². The van der Waals surface area contributed by atoms with Gasteiger partial charge in [0.05, 0.1) is 28.1 Å². The van der Waals surface area contributed by atoms with Crippen LogP contribution in [0.4, 0.5) is 34.1 Å². The van der Waals surface area contributed by atoms with Crippen molar-refractivity contribution in [2.24, 2.45) is 0 Å². The van der Waals surface area contributed by atoms with Gasteiger partial charge >= 0.3 is 0 Å². The smallest absolute Gasteiger partial charge is 0.0542 e. The topological polar surface area (TPSA) is 11.4 Å². The first-order valence-electron chi connectivity index (χ1n) is 21.3. The lowest BCUT2D eigenvalue weighted by Crippen LogP contribution is -2.27. The maximum atomic E-state index is 2.59. The Hall–Kier alpha value is -7.36.